The average Bonchev–Trinajstić information content (AvgIpc) is 2.53. The van der Waals surface area contributed by atoms with Crippen molar-refractivity contribution in [2.24, 2.45) is 0 Å². The van der Waals surface area contributed by atoms with Crippen LogP contribution in [0.25, 0.3) is 0 Å². The van der Waals surface area contributed by atoms with Gasteiger partial charge >= 0.3 is 0 Å². The quantitative estimate of drug-likeness (QED) is 0.474. The first-order chi connectivity index (χ1) is 10.3. The summed E-state index contributed by atoms with van der Waals surface area (Å²) in [5.74, 6) is 5.77. The normalized spacial score (nSPS) is 9.52. The molecule has 2 rings (SSSR count). The lowest BCUT2D eigenvalue weighted by atomic mass is 10.0. The molecule has 2 aromatic rings. The minimum absolute atomic E-state index is 0.0446. The fourth-order valence-electron chi connectivity index (χ4n) is 1.88. The van der Waals surface area contributed by atoms with Crippen molar-refractivity contribution in [3.05, 3.63) is 71.8 Å². The van der Waals surface area contributed by atoms with Gasteiger partial charge < -0.3 is 0 Å². The summed E-state index contributed by atoms with van der Waals surface area (Å²) in [5.41, 5.74) is 1.52. The van der Waals surface area contributed by atoms with Gasteiger partial charge in [-0.1, -0.05) is 60.4 Å². The number of Topliss-reactive ketones (excluding diaryl/α,β-unsaturated/α-hetero) is 2. The Kier molecular flexibility index (Phi) is 5.49. The van der Waals surface area contributed by atoms with E-state index in [9.17, 15) is 9.59 Å². The Morgan fingerprint density at radius 1 is 0.857 bits per heavy atom. The predicted octanol–water partition coefficient (Wildman–Crippen LogP) is 3.66. The maximum absolute atomic E-state index is 11.9. The molecule has 21 heavy (non-hydrogen) atoms. The molecule has 2 heteroatoms. The highest BCUT2D eigenvalue weighted by Crippen LogP contribution is 2.05. The maximum Gasteiger partial charge on any atom is 0.170 e. The van der Waals surface area contributed by atoms with Gasteiger partial charge in [0.1, 0.15) is 5.78 Å². The van der Waals surface area contributed by atoms with Crippen molar-refractivity contribution in [1.29, 1.82) is 0 Å². The Bertz CT molecular complexity index is 661. The van der Waals surface area contributed by atoms with Gasteiger partial charge in [0, 0.05) is 24.0 Å². The molecular weight excluding hydrogens is 260 g/mol. The zero-order valence-corrected chi connectivity index (χ0v) is 11.7. The first-order valence-electron chi connectivity index (χ1n) is 6.89. The van der Waals surface area contributed by atoms with E-state index in [0.717, 1.165) is 5.56 Å². The summed E-state index contributed by atoms with van der Waals surface area (Å²) in [6.07, 6.45) is 0.755. The number of hydrogen-bond donors (Lipinski definition) is 0. The van der Waals surface area contributed by atoms with Crippen molar-refractivity contribution in [3.8, 4) is 11.8 Å². The number of hydrogen-bond acceptors (Lipinski definition) is 2. The molecular formula is C19H16O2. The van der Waals surface area contributed by atoms with Crippen LogP contribution in [-0.4, -0.2) is 11.6 Å². The lowest BCUT2D eigenvalue weighted by molar-refractivity contribution is -0.118. The van der Waals surface area contributed by atoms with Crippen LogP contribution in [-0.2, 0) is 4.79 Å². The fraction of sp³-hybridized carbons (Fsp3) is 0.158. The molecule has 104 valence electrons. The van der Waals surface area contributed by atoms with Crippen LogP contribution >= 0.6 is 0 Å². The first kappa shape index (κ1) is 14.7. The van der Waals surface area contributed by atoms with Gasteiger partial charge in [0.15, 0.2) is 5.78 Å². The van der Waals surface area contributed by atoms with Crippen LogP contribution in [0.2, 0.25) is 0 Å². The molecule has 0 saturated carbocycles. The third-order valence-corrected chi connectivity index (χ3v) is 2.99. The Labute approximate surface area is 124 Å². The molecule has 0 aliphatic rings. The van der Waals surface area contributed by atoms with E-state index < -0.39 is 0 Å². The monoisotopic (exact) mass is 276 g/mol. The van der Waals surface area contributed by atoms with Crippen molar-refractivity contribution in [1.82, 2.24) is 0 Å². The molecule has 0 unspecified atom stereocenters. The Hall–Kier alpha value is -2.66. The summed E-state index contributed by atoms with van der Waals surface area (Å²) >= 11 is 0. The largest absolute Gasteiger partial charge is 0.299 e. The van der Waals surface area contributed by atoms with Crippen molar-refractivity contribution in [3.63, 3.8) is 0 Å². The lowest BCUT2D eigenvalue weighted by Gasteiger charge is -1.99. The highest BCUT2D eigenvalue weighted by atomic mass is 16.1. The van der Waals surface area contributed by atoms with E-state index in [1.54, 1.807) is 24.3 Å². The van der Waals surface area contributed by atoms with Crippen LogP contribution in [0.15, 0.2) is 60.7 Å². The second-order valence-electron chi connectivity index (χ2n) is 4.67. The van der Waals surface area contributed by atoms with E-state index in [4.69, 9.17) is 0 Å². The van der Waals surface area contributed by atoms with Crippen LogP contribution < -0.4 is 0 Å². The fourth-order valence-corrected chi connectivity index (χ4v) is 1.88. The summed E-state index contributed by atoms with van der Waals surface area (Å²) in [5, 5.41) is 0. The van der Waals surface area contributed by atoms with Crippen molar-refractivity contribution in [2.45, 2.75) is 19.3 Å². The SMILES string of the molecule is O=C(CCC#Cc1ccccc1)CC(=O)c1ccccc1. The summed E-state index contributed by atoms with van der Waals surface area (Å²) in [4.78, 5) is 23.6. The molecule has 0 fully saturated rings. The molecule has 2 aromatic carbocycles. The smallest absolute Gasteiger partial charge is 0.170 e. The molecule has 0 saturated heterocycles. The van der Waals surface area contributed by atoms with Crippen LogP contribution in [0.3, 0.4) is 0 Å². The number of ketones is 2. The number of rotatable bonds is 5. The highest BCUT2D eigenvalue weighted by Gasteiger charge is 2.10. The molecule has 0 aliphatic carbocycles. The molecule has 0 spiro atoms. The molecule has 0 radical (unpaired) electrons. The highest BCUT2D eigenvalue weighted by molar-refractivity contribution is 6.07. The van der Waals surface area contributed by atoms with Gasteiger partial charge in [0.05, 0.1) is 6.42 Å². The van der Waals surface area contributed by atoms with Gasteiger partial charge in [-0.15, -0.1) is 0 Å². The maximum atomic E-state index is 11.9. The Balaban J connectivity index is 1.78. The van der Waals surface area contributed by atoms with Crippen molar-refractivity contribution in [2.75, 3.05) is 0 Å². The van der Waals surface area contributed by atoms with Crippen LogP contribution in [0.1, 0.15) is 35.2 Å². The van der Waals surface area contributed by atoms with Gasteiger partial charge in [0.2, 0.25) is 0 Å². The van der Waals surface area contributed by atoms with E-state index in [2.05, 4.69) is 11.8 Å². The van der Waals surface area contributed by atoms with E-state index in [1.165, 1.54) is 0 Å². The van der Waals surface area contributed by atoms with E-state index >= 15 is 0 Å². The topological polar surface area (TPSA) is 34.1 Å². The molecule has 0 atom stereocenters. The Morgan fingerprint density at radius 3 is 2.14 bits per heavy atom. The lowest BCUT2D eigenvalue weighted by Crippen LogP contribution is -2.07. The van der Waals surface area contributed by atoms with Gasteiger partial charge in [-0.2, -0.15) is 0 Å². The van der Waals surface area contributed by atoms with E-state index in [-0.39, 0.29) is 18.0 Å². The summed E-state index contributed by atoms with van der Waals surface area (Å²) in [6.45, 7) is 0. The van der Waals surface area contributed by atoms with E-state index in [1.807, 2.05) is 36.4 Å². The zero-order chi connectivity index (χ0) is 14.9. The molecule has 0 bridgehead atoms. The van der Waals surface area contributed by atoms with Crippen molar-refractivity contribution < 1.29 is 9.59 Å². The predicted molar refractivity (Wildman–Crippen MR) is 83.0 cm³/mol. The van der Waals surface area contributed by atoms with Crippen LogP contribution in [0.5, 0.6) is 0 Å². The van der Waals surface area contributed by atoms with Crippen molar-refractivity contribution >= 4 is 11.6 Å². The minimum atomic E-state index is -0.128. The minimum Gasteiger partial charge on any atom is -0.299 e. The van der Waals surface area contributed by atoms with Gasteiger partial charge in [-0.3, -0.25) is 9.59 Å². The molecule has 2 nitrogen and oxygen atoms in total. The zero-order valence-electron chi connectivity index (χ0n) is 11.7. The molecule has 0 heterocycles. The standard InChI is InChI=1S/C19H16O2/c20-18(15-19(21)17-12-5-2-6-13-17)14-8-7-11-16-9-3-1-4-10-16/h1-6,9-10,12-13H,8,14-15H2. The van der Waals surface area contributed by atoms with Gasteiger partial charge in [0.25, 0.3) is 0 Å². The number of carbonyl (C=O) groups is 2. The Morgan fingerprint density at radius 2 is 1.48 bits per heavy atom. The summed E-state index contributed by atoms with van der Waals surface area (Å²) in [7, 11) is 0. The van der Waals surface area contributed by atoms with Crippen LogP contribution in [0, 0.1) is 11.8 Å². The van der Waals surface area contributed by atoms with E-state index in [0.29, 0.717) is 18.4 Å². The van der Waals surface area contributed by atoms with Gasteiger partial charge in [-0.05, 0) is 12.1 Å². The summed E-state index contributed by atoms with van der Waals surface area (Å²) in [6, 6.07) is 18.5. The summed E-state index contributed by atoms with van der Waals surface area (Å²) < 4.78 is 0. The third kappa shape index (κ3) is 5.08. The second-order valence-corrected chi connectivity index (χ2v) is 4.67. The molecule has 0 aliphatic heterocycles. The third-order valence-electron chi connectivity index (χ3n) is 2.99. The number of benzene rings is 2. The van der Waals surface area contributed by atoms with Gasteiger partial charge in [-0.25, -0.2) is 0 Å². The molecule has 0 amide bonds. The van der Waals surface area contributed by atoms with Crippen LogP contribution in [0.4, 0.5) is 0 Å². The molecule has 0 N–H and O–H groups in total. The number of carbonyl (C=O) groups excluding carboxylic acids is 2. The molecule has 0 aromatic heterocycles. The second kappa shape index (κ2) is 7.81. The average molecular weight is 276 g/mol. The first-order valence-corrected chi connectivity index (χ1v) is 6.89.